The van der Waals surface area contributed by atoms with E-state index in [4.69, 9.17) is 16.0 Å². The second kappa shape index (κ2) is 4.71. The minimum atomic E-state index is 0.215. The van der Waals surface area contributed by atoms with Gasteiger partial charge in [-0.15, -0.1) is 11.6 Å². The van der Waals surface area contributed by atoms with E-state index in [0.29, 0.717) is 18.2 Å². The first-order valence-electron chi connectivity index (χ1n) is 5.15. The first kappa shape index (κ1) is 10.6. The molecule has 82 valence electrons. The highest BCUT2D eigenvalue weighted by molar-refractivity contribution is 6.18. The van der Waals surface area contributed by atoms with Crippen LogP contribution in [0.2, 0.25) is 0 Å². The normalized spacial score (nSPS) is 21.3. The molecule has 4 heteroatoms. The molecule has 1 amide bonds. The molecule has 1 aromatic heterocycles. The van der Waals surface area contributed by atoms with Gasteiger partial charge in [-0.3, -0.25) is 4.79 Å². The predicted molar refractivity (Wildman–Crippen MR) is 57.8 cm³/mol. The topological polar surface area (TPSA) is 33.5 Å². The van der Waals surface area contributed by atoms with E-state index in [1.54, 1.807) is 6.26 Å². The number of alkyl halides is 1. The average Bonchev–Trinajstić information content (AvgIpc) is 2.84. The van der Waals surface area contributed by atoms with Crippen molar-refractivity contribution in [2.75, 3.05) is 19.0 Å². The van der Waals surface area contributed by atoms with Crippen molar-refractivity contribution in [1.82, 2.24) is 4.90 Å². The van der Waals surface area contributed by atoms with E-state index >= 15 is 0 Å². The second-order valence-electron chi connectivity index (χ2n) is 3.89. The molecule has 2 rings (SSSR count). The van der Waals surface area contributed by atoms with Gasteiger partial charge in [-0.1, -0.05) is 0 Å². The number of hydrogen-bond donors (Lipinski definition) is 0. The summed E-state index contributed by atoms with van der Waals surface area (Å²) in [5.74, 6) is 2.04. The van der Waals surface area contributed by atoms with Gasteiger partial charge in [0, 0.05) is 31.8 Å². The summed E-state index contributed by atoms with van der Waals surface area (Å²) in [7, 11) is 0. The smallest absolute Gasteiger partial charge is 0.222 e. The van der Waals surface area contributed by atoms with Crippen LogP contribution in [0.4, 0.5) is 0 Å². The highest BCUT2D eigenvalue weighted by Crippen LogP contribution is 2.19. The van der Waals surface area contributed by atoms with E-state index in [1.165, 1.54) is 0 Å². The summed E-state index contributed by atoms with van der Waals surface area (Å²) in [6.45, 7) is 1.53. The maximum absolute atomic E-state index is 11.5. The first-order chi connectivity index (χ1) is 7.29. The summed E-state index contributed by atoms with van der Waals surface area (Å²) in [5.41, 5.74) is 0. The lowest BCUT2D eigenvalue weighted by molar-refractivity contribution is -0.127. The molecule has 2 heterocycles. The van der Waals surface area contributed by atoms with Gasteiger partial charge in [-0.05, 0) is 18.1 Å². The van der Waals surface area contributed by atoms with Crippen molar-refractivity contribution in [1.29, 1.82) is 0 Å². The molecule has 0 aliphatic carbocycles. The fourth-order valence-corrected chi connectivity index (χ4v) is 2.08. The molecular formula is C11H14ClNO2. The minimum absolute atomic E-state index is 0.215. The summed E-state index contributed by atoms with van der Waals surface area (Å²) < 4.78 is 5.22. The zero-order chi connectivity index (χ0) is 10.7. The van der Waals surface area contributed by atoms with Crippen molar-refractivity contribution in [2.24, 2.45) is 5.92 Å². The number of furan rings is 1. The molecule has 1 saturated heterocycles. The van der Waals surface area contributed by atoms with Crippen molar-refractivity contribution in [3.8, 4) is 0 Å². The first-order valence-corrected chi connectivity index (χ1v) is 5.69. The van der Waals surface area contributed by atoms with Crippen LogP contribution in [0.3, 0.4) is 0 Å². The third-order valence-electron chi connectivity index (χ3n) is 2.72. The molecule has 0 aromatic carbocycles. The Morgan fingerprint density at radius 3 is 3.07 bits per heavy atom. The largest absolute Gasteiger partial charge is 0.469 e. The van der Waals surface area contributed by atoms with Gasteiger partial charge in [0.2, 0.25) is 5.91 Å². The van der Waals surface area contributed by atoms with Gasteiger partial charge < -0.3 is 9.32 Å². The Bertz CT molecular complexity index is 323. The lowest BCUT2D eigenvalue weighted by Crippen LogP contribution is -2.27. The van der Waals surface area contributed by atoms with Crippen LogP contribution in [0.25, 0.3) is 0 Å². The zero-order valence-electron chi connectivity index (χ0n) is 8.49. The van der Waals surface area contributed by atoms with Crippen molar-refractivity contribution in [2.45, 2.75) is 12.8 Å². The lowest BCUT2D eigenvalue weighted by atomic mass is 10.1. The van der Waals surface area contributed by atoms with Crippen molar-refractivity contribution < 1.29 is 9.21 Å². The van der Waals surface area contributed by atoms with E-state index in [-0.39, 0.29) is 5.91 Å². The minimum Gasteiger partial charge on any atom is -0.469 e. The summed E-state index contributed by atoms with van der Waals surface area (Å²) in [5, 5.41) is 0. The molecule has 0 N–H and O–H groups in total. The van der Waals surface area contributed by atoms with Crippen LogP contribution in [-0.2, 0) is 11.2 Å². The third-order valence-corrected chi connectivity index (χ3v) is 3.16. The lowest BCUT2D eigenvalue weighted by Gasteiger charge is -2.14. The molecule has 3 nitrogen and oxygen atoms in total. The van der Waals surface area contributed by atoms with Crippen LogP contribution in [0.1, 0.15) is 12.2 Å². The standard InChI is InChI=1S/C11H14ClNO2/c12-7-9-6-11(14)13(8-9)4-3-10-2-1-5-15-10/h1-2,5,9H,3-4,6-8H2. The Balaban J connectivity index is 1.83. The number of carbonyl (C=O) groups is 1. The Kier molecular flexibility index (Phi) is 3.31. The van der Waals surface area contributed by atoms with Crippen LogP contribution in [0.5, 0.6) is 0 Å². The number of carbonyl (C=O) groups excluding carboxylic acids is 1. The Morgan fingerprint density at radius 2 is 2.47 bits per heavy atom. The molecule has 1 atom stereocenters. The summed E-state index contributed by atoms with van der Waals surface area (Å²) >= 11 is 5.74. The van der Waals surface area contributed by atoms with Gasteiger partial charge in [0.25, 0.3) is 0 Å². The molecule has 1 unspecified atom stereocenters. The van der Waals surface area contributed by atoms with Crippen LogP contribution >= 0.6 is 11.6 Å². The van der Waals surface area contributed by atoms with Crippen LogP contribution in [0.15, 0.2) is 22.8 Å². The molecule has 0 spiro atoms. The number of nitrogens with zero attached hydrogens (tertiary/aromatic N) is 1. The molecule has 0 radical (unpaired) electrons. The molecular weight excluding hydrogens is 214 g/mol. The van der Waals surface area contributed by atoms with Crippen molar-refractivity contribution in [3.05, 3.63) is 24.2 Å². The quantitative estimate of drug-likeness (QED) is 0.737. The summed E-state index contributed by atoms with van der Waals surface area (Å²) in [4.78, 5) is 13.4. The highest BCUT2D eigenvalue weighted by atomic mass is 35.5. The van der Waals surface area contributed by atoms with Gasteiger partial charge in [-0.25, -0.2) is 0 Å². The monoisotopic (exact) mass is 227 g/mol. The zero-order valence-corrected chi connectivity index (χ0v) is 9.24. The van der Waals surface area contributed by atoms with Gasteiger partial charge >= 0.3 is 0 Å². The van der Waals surface area contributed by atoms with E-state index in [9.17, 15) is 4.79 Å². The molecule has 1 aromatic rings. The molecule has 0 bridgehead atoms. The molecule has 15 heavy (non-hydrogen) atoms. The number of rotatable bonds is 4. The summed E-state index contributed by atoms with van der Waals surface area (Å²) in [6.07, 6.45) is 3.04. The maximum Gasteiger partial charge on any atom is 0.222 e. The number of halogens is 1. The van der Waals surface area contributed by atoms with E-state index < -0.39 is 0 Å². The summed E-state index contributed by atoms with van der Waals surface area (Å²) in [6, 6.07) is 3.79. The predicted octanol–water partition coefficient (Wildman–Crippen LogP) is 1.91. The van der Waals surface area contributed by atoms with E-state index in [1.807, 2.05) is 17.0 Å². The van der Waals surface area contributed by atoms with E-state index in [0.717, 1.165) is 25.3 Å². The van der Waals surface area contributed by atoms with Crippen molar-refractivity contribution >= 4 is 17.5 Å². The van der Waals surface area contributed by atoms with E-state index in [2.05, 4.69) is 0 Å². The van der Waals surface area contributed by atoms with Crippen LogP contribution in [-0.4, -0.2) is 29.8 Å². The maximum atomic E-state index is 11.5. The Morgan fingerprint density at radius 1 is 1.60 bits per heavy atom. The second-order valence-corrected chi connectivity index (χ2v) is 4.20. The van der Waals surface area contributed by atoms with Gasteiger partial charge in [-0.2, -0.15) is 0 Å². The van der Waals surface area contributed by atoms with Gasteiger partial charge in [0.1, 0.15) is 5.76 Å². The number of amides is 1. The third kappa shape index (κ3) is 2.53. The fourth-order valence-electron chi connectivity index (χ4n) is 1.87. The molecule has 0 saturated carbocycles. The van der Waals surface area contributed by atoms with Crippen LogP contribution < -0.4 is 0 Å². The van der Waals surface area contributed by atoms with Crippen LogP contribution in [0, 0.1) is 5.92 Å². The molecule has 1 fully saturated rings. The fraction of sp³-hybridized carbons (Fsp3) is 0.545. The Hall–Kier alpha value is -0.960. The molecule has 1 aliphatic heterocycles. The SMILES string of the molecule is O=C1CC(CCl)CN1CCc1ccco1. The van der Waals surface area contributed by atoms with Gasteiger partial charge in [0.05, 0.1) is 6.26 Å². The number of hydrogen-bond acceptors (Lipinski definition) is 2. The number of likely N-dealkylation sites (tertiary alicyclic amines) is 1. The average molecular weight is 228 g/mol. The molecule has 1 aliphatic rings. The highest BCUT2D eigenvalue weighted by Gasteiger charge is 2.28. The van der Waals surface area contributed by atoms with Gasteiger partial charge in [0.15, 0.2) is 0 Å². The Labute approximate surface area is 94.0 Å². The van der Waals surface area contributed by atoms with Crippen molar-refractivity contribution in [3.63, 3.8) is 0 Å².